The van der Waals surface area contributed by atoms with Crippen LogP contribution in [0.5, 0.6) is 0 Å². The molecular weight excluding hydrogens is 307 g/mol. The van der Waals surface area contributed by atoms with Crippen LogP contribution in [-0.4, -0.2) is 45.9 Å². The number of nitrogens with one attached hydrogen (secondary N) is 2. The molecule has 24 heavy (non-hydrogen) atoms. The van der Waals surface area contributed by atoms with Gasteiger partial charge in [-0.05, 0) is 24.1 Å². The van der Waals surface area contributed by atoms with E-state index in [1.165, 1.54) is 12.8 Å². The topological polar surface area (TPSA) is 48.9 Å². The molecule has 1 saturated heterocycles. The zero-order valence-corrected chi connectivity index (χ0v) is 14.8. The van der Waals surface area contributed by atoms with E-state index in [4.69, 9.17) is 4.74 Å². The van der Waals surface area contributed by atoms with E-state index in [0.717, 1.165) is 37.6 Å². The van der Waals surface area contributed by atoms with Gasteiger partial charge in [-0.1, -0.05) is 25.8 Å². The van der Waals surface area contributed by atoms with E-state index in [1.807, 2.05) is 17.0 Å². The summed E-state index contributed by atoms with van der Waals surface area (Å²) in [6.07, 6.45) is 3.53. The average Bonchev–Trinajstić information content (AvgIpc) is 2.62. The first kappa shape index (κ1) is 18.5. The number of morpholine rings is 1. The molecule has 0 aliphatic carbocycles. The van der Waals surface area contributed by atoms with Crippen LogP contribution in [0.3, 0.4) is 0 Å². The van der Waals surface area contributed by atoms with E-state index >= 15 is 0 Å². The molecule has 1 aliphatic rings. The highest BCUT2D eigenvalue weighted by Crippen LogP contribution is 2.21. The molecule has 0 unspecified atom stereocenters. The zero-order valence-electron chi connectivity index (χ0n) is 14.8. The van der Waals surface area contributed by atoms with Crippen molar-refractivity contribution in [2.75, 3.05) is 44.8 Å². The van der Waals surface area contributed by atoms with Crippen LogP contribution in [0.25, 0.3) is 0 Å². The number of aliphatic imine (C=N–C) groups is 1. The van der Waals surface area contributed by atoms with Crippen molar-refractivity contribution >= 4 is 11.6 Å². The smallest absolute Gasteiger partial charge is 0.191 e. The number of guanidine groups is 1. The SMILES string of the molecule is CCCCCNC(=NC)NCc1ccc(N2CCOCC2)c(F)c1. The van der Waals surface area contributed by atoms with E-state index in [1.54, 1.807) is 13.1 Å². The molecule has 0 radical (unpaired) electrons. The Kier molecular flexibility index (Phi) is 7.82. The number of anilines is 1. The fraction of sp³-hybridized carbons (Fsp3) is 0.611. The van der Waals surface area contributed by atoms with Gasteiger partial charge < -0.3 is 20.3 Å². The Bertz CT molecular complexity index is 530. The summed E-state index contributed by atoms with van der Waals surface area (Å²) >= 11 is 0. The minimum atomic E-state index is -0.179. The van der Waals surface area contributed by atoms with Gasteiger partial charge in [-0.2, -0.15) is 0 Å². The third-order valence-electron chi connectivity index (χ3n) is 4.12. The zero-order chi connectivity index (χ0) is 17.2. The first-order valence-corrected chi connectivity index (χ1v) is 8.80. The summed E-state index contributed by atoms with van der Waals surface area (Å²) in [5, 5.41) is 6.50. The largest absolute Gasteiger partial charge is 0.378 e. The van der Waals surface area contributed by atoms with Gasteiger partial charge in [0.05, 0.1) is 18.9 Å². The highest BCUT2D eigenvalue weighted by atomic mass is 19.1. The van der Waals surface area contributed by atoms with Crippen LogP contribution in [0, 0.1) is 5.82 Å². The van der Waals surface area contributed by atoms with Crippen molar-refractivity contribution in [1.82, 2.24) is 10.6 Å². The normalized spacial score (nSPS) is 15.5. The fourth-order valence-electron chi connectivity index (χ4n) is 2.71. The summed E-state index contributed by atoms with van der Waals surface area (Å²) in [5.74, 6) is 0.575. The minimum absolute atomic E-state index is 0.179. The van der Waals surface area contributed by atoms with Crippen LogP contribution in [0.2, 0.25) is 0 Å². The van der Waals surface area contributed by atoms with E-state index in [9.17, 15) is 4.39 Å². The van der Waals surface area contributed by atoms with Crippen molar-refractivity contribution in [1.29, 1.82) is 0 Å². The van der Waals surface area contributed by atoms with E-state index < -0.39 is 0 Å². The molecular formula is C18H29FN4O. The number of rotatable bonds is 7. The van der Waals surface area contributed by atoms with E-state index in [-0.39, 0.29) is 5.82 Å². The summed E-state index contributed by atoms with van der Waals surface area (Å²) in [6.45, 7) is 6.42. The average molecular weight is 336 g/mol. The van der Waals surface area contributed by atoms with Crippen LogP contribution in [-0.2, 0) is 11.3 Å². The molecule has 1 aromatic rings. The lowest BCUT2D eigenvalue weighted by Gasteiger charge is -2.29. The van der Waals surface area contributed by atoms with Crippen LogP contribution >= 0.6 is 0 Å². The monoisotopic (exact) mass is 336 g/mol. The number of hydrogen-bond donors (Lipinski definition) is 2. The fourth-order valence-corrected chi connectivity index (χ4v) is 2.71. The molecule has 1 fully saturated rings. The van der Waals surface area contributed by atoms with Crippen LogP contribution in [0.4, 0.5) is 10.1 Å². The number of hydrogen-bond acceptors (Lipinski definition) is 3. The Morgan fingerprint density at radius 1 is 1.25 bits per heavy atom. The molecule has 0 amide bonds. The Labute approximate surface area is 144 Å². The van der Waals surface area contributed by atoms with Crippen molar-refractivity contribution in [3.05, 3.63) is 29.6 Å². The van der Waals surface area contributed by atoms with Gasteiger partial charge in [0.15, 0.2) is 5.96 Å². The van der Waals surface area contributed by atoms with Gasteiger partial charge in [-0.25, -0.2) is 4.39 Å². The lowest BCUT2D eigenvalue weighted by Crippen LogP contribution is -2.37. The predicted molar refractivity (Wildman–Crippen MR) is 97.2 cm³/mol. The van der Waals surface area contributed by atoms with Gasteiger partial charge in [0, 0.05) is 33.2 Å². The molecule has 134 valence electrons. The second-order valence-corrected chi connectivity index (χ2v) is 5.94. The predicted octanol–water partition coefficient (Wildman–Crippen LogP) is 2.52. The van der Waals surface area contributed by atoms with Crippen LogP contribution < -0.4 is 15.5 Å². The first-order valence-electron chi connectivity index (χ1n) is 8.80. The Morgan fingerprint density at radius 3 is 2.71 bits per heavy atom. The Balaban J connectivity index is 1.85. The quantitative estimate of drug-likeness (QED) is 0.456. The second-order valence-electron chi connectivity index (χ2n) is 5.94. The molecule has 2 N–H and O–H groups in total. The van der Waals surface area contributed by atoms with Crippen LogP contribution in [0.1, 0.15) is 31.7 Å². The molecule has 0 bridgehead atoms. The number of benzene rings is 1. The first-order chi connectivity index (χ1) is 11.7. The van der Waals surface area contributed by atoms with Gasteiger partial charge in [0.25, 0.3) is 0 Å². The highest BCUT2D eigenvalue weighted by Gasteiger charge is 2.15. The molecule has 1 aliphatic heterocycles. The lowest BCUT2D eigenvalue weighted by atomic mass is 10.1. The molecule has 1 heterocycles. The third kappa shape index (κ3) is 5.67. The standard InChI is InChI=1S/C18H29FN4O/c1-3-4-5-8-21-18(20-2)22-14-15-6-7-17(16(19)13-15)23-9-11-24-12-10-23/h6-7,13H,3-5,8-12,14H2,1-2H3,(H2,20,21,22). The van der Waals surface area contributed by atoms with Gasteiger partial charge in [-0.15, -0.1) is 0 Å². The second kappa shape index (κ2) is 10.1. The van der Waals surface area contributed by atoms with E-state index in [0.29, 0.717) is 25.4 Å². The summed E-state index contributed by atoms with van der Waals surface area (Å²) in [7, 11) is 1.75. The number of halogens is 1. The molecule has 5 nitrogen and oxygen atoms in total. The molecule has 6 heteroatoms. The van der Waals surface area contributed by atoms with Crippen LogP contribution in [0.15, 0.2) is 23.2 Å². The van der Waals surface area contributed by atoms with E-state index in [2.05, 4.69) is 22.5 Å². The van der Waals surface area contributed by atoms with Crippen molar-refractivity contribution < 1.29 is 9.13 Å². The van der Waals surface area contributed by atoms with Crippen molar-refractivity contribution in [2.45, 2.75) is 32.7 Å². The highest BCUT2D eigenvalue weighted by molar-refractivity contribution is 5.79. The van der Waals surface area contributed by atoms with Gasteiger partial charge >= 0.3 is 0 Å². The van der Waals surface area contributed by atoms with Crippen molar-refractivity contribution in [3.63, 3.8) is 0 Å². The van der Waals surface area contributed by atoms with Gasteiger partial charge in [0.1, 0.15) is 5.82 Å². The summed E-state index contributed by atoms with van der Waals surface area (Å²) < 4.78 is 19.7. The number of ether oxygens (including phenoxy) is 1. The number of nitrogens with zero attached hydrogens (tertiary/aromatic N) is 2. The molecule has 1 aromatic carbocycles. The van der Waals surface area contributed by atoms with Gasteiger partial charge in [-0.3, -0.25) is 4.99 Å². The van der Waals surface area contributed by atoms with Gasteiger partial charge in [0.2, 0.25) is 0 Å². The lowest BCUT2D eigenvalue weighted by molar-refractivity contribution is 0.122. The Morgan fingerprint density at radius 2 is 2.04 bits per heavy atom. The molecule has 2 rings (SSSR count). The maximum absolute atomic E-state index is 14.4. The maximum Gasteiger partial charge on any atom is 0.191 e. The Hall–Kier alpha value is -1.82. The molecule has 0 atom stereocenters. The summed E-state index contributed by atoms with van der Waals surface area (Å²) in [5.41, 5.74) is 1.56. The minimum Gasteiger partial charge on any atom is -0.378 e. The van der Waals surface area contributed by atoms with Crippen molar-refractivity contribution in [3.8, 4) is 0 Å². The molecule has 0 aromatic heterocycles. The molecule has 0 saturated carbocycles. The maximum atomic E-state index is 14.4. The number of unbranched alkanes of at least 4 members (excludes halogenated alkanes) is 2. The van der Waals surface area contributed by atoms with Crippen molar-refractivity contribution in [2.24, 2.45) is 4.99 Å². The molecule has 0 spiro atoms. The summed E-state index contributed by atoms with van der Waals surface area (Å²) in [4.78, 5) is 6.22. The third-order valence-corrected chi connectivity index (χ3v) is 4.12. The summed E-state index contributed by atoms with van der Waals surface area (Å²) in [6, 6.07) is 5.42.